The molecule has 0 aliphatic carbocycles. The molecule has 0 spiro atoms. The van der Waals surface area contributed by atoms with Gasteiger partial charge < -0.3 is 4.74 Å². The number of hydrogen-bond donors (Lipinski definition) is 0. The van der Waals surface area contributed by atoms with Gasteiger partial charge in [-0.15, -0.1) is 5.10 Å². The van der Waals surface area contributed by atoms with Crippen LogP contribution in [0.5, 0.6) is 5.75 Å². The molecule has 5 heteroatoms. The van der Waals surface area contributed by atoms with Crippen molar-refractivity contribution in [1.82, 2.24) is 15.0 Å². The van der Waals surface area contributed by atoms with Gasteiger partial charge in [0.2, 0.25) is 0 Å². The molecule has 2 aromatic rings. The SMILES string of the molecule is C=C(C)Cn1nnc(C=O)c1COc1cccc(CC)c1. The third-order valence-corrected chi connectivity index (χ3v) is 3.08. The summed E-state index contributed by atoms with van der Waals surface area (Å²) in [6, 6.07) is 7.90. The van der Waals surface area contributed by atoms with Gasteiger partial charge >= 0.3 is 0 Å². The molecule has 0 unspecified atom stereocenters. The van der Waals surface area contributed by atoms with Gasteiger partial charge in [-0.05, 0) is 31.0 Å². The molecule has 1 aromatic carbocycles. The third kappa shape index (κ3) is 3.78. The van der Waals surface area contributed by atoms with Crippen LogP contribution in [0.25, 0.3) is 0 Å². The lowest BCUT2D eigenvalue weighted by Gasteiger charge is -2.09. The first-order chi connectivity index (χ1) is 10.1. The average molecular weight is 285 g/mol. The van der Waals surface area contributed by atoms with E-state index in [1.54, 1.807) is 4.68 Å². The molecular formula is C16H19N3O2. The van der Waals surface area contributed by atoms with E-state index in [1.165, 1.54) is 5.56 Å². The van der Waals surface area contributed by atoms with Gasteiger partial charge in [0.25, 0.3) is 0 Å². The molecule has 0 saturated carbocycles. The second-order valence-electron chi connectivity index (χ2n) is 4.94. The van der Waals surface area contributed by atoms with Crippen molar-refractivity contribution in [3.63, 3.8) is 0 Å². The van der Waals surface area contributed by atoms with Crippen LogP contribution in [0.3, 0.4) is 0 Å². The van der Waals surface area contributed by atoms with Gasteiger partial charge in [0.05, 0.1) is 6.54 Å². The van der Waals surface area contributed by atoms with E-state index in [2.05, 4.69) is 29.9 Å². The van der Waals surface area contributed by atoms with Crippen molar-refractivity contribution in [1.29, 1.82) is 0 Å². The number of carbonyl (C=O) groups excluding carboxylic acids is 1. The first-order valence-corrected chi connectivity index (χ1v) is 6.87. The van der Waals surface area contributed by atoms with Crippen molar-refractivity contribution in [2.45, 2.75) is 33.4 Å². The van der Waals surface area contributed by atoms with Gasteiger partial charge in [-0.3, -0.25) is 4.79 Å². The highest BCUT2D eigenvalue weighted by molar-refractivity contribution is 5.73. The van der Waals surface area contributed by atoms with E-state index in [4.69, 9.17) is 4.74 Å². The zero-order valence-electron chi connectivity index (χ0n) is 12.4. The number of nitrogens with zero attached hydrogens (tertiary/aromatic N) is 3. The molecule has 0 bridgehead atoms. The summed E-state index contributed by atoms with van der Waals surface area (Å²) in [5.74, 6) is 0.772. The lowest BCUT2D eigenvalue weighted by Crippen LogP contribution is -2.10. The fourth-order valence-corrected chi connectivity index (χ4v) is 1.98. The van der Waals surface area contributed by atoms with Crippen molar-refractivity contribution < 1.29 is 9.53 Å². The smallest absolute Gasteiger partial charge is 0.172 e. The van der Waals surface area contributed by atoms with Gasteiger partial charge in [0, 0.05) is 0 Å². The summed E-state index contributed by atoms with van der Waals surface area (Å²) in [7, 11) is 0. The molecule has 2 rings (SSSR count). The number of rotatable bonds is 7. The molecule has 0 radical (unpaired) electrons. The fraction of sp³-hybridized carbons (Fsp3) is 0.312. The molecule has 110 valence electrons. The predicted octanol–water partition coefficient (Wildman–Crippen LogP) is 2.81. The molecular weight excluding hydrogens is 266 g/mol. The summed E-state index contributed by atoms with van der Waals surface area (Å²) < 4.78 is 7.42. The second-order valence-corrected chi connectivity index (χ2v) is 4.94. The Morgan fingerprint density at radius 3 is 2.95 bits per heavy atom. The number of benzene rings is 1. The lowest BCUT2D eigenvalue weighted by atomic mass is 10.2. The number of aryl methyl sites for hydroxylation is 1. The van der Waals surface area contributed by atoms with Crippen molar-refractivity contribution >= 4 is 6.29 Å². The standard InChI is InChI=1S/C16H19N3O2/c1-4-13-6-5-7-14(8-13)21-11-16-15(10-20)17-18-19(16)9-12(2)3/h5-8,10H,2,4,9,11H2,1,3H3. The Morgan fingerprint density at radius 1 is 1.48 bits per heavy atom. The fourth-order valence-electron chi connectivity index (χ4n) is 1.98. The van der Waals surface area contributed by atoms with Crippen LogP contribution in [0.15, 0.2) is 36.4 Å². The molecule has 21 heavy (non-hydrogen) atoms. The summed E-state index contributed by atoms with van der Waals surface area (Å²) in [4.78, 5) is 11.0. The number of aldehydes is 1. The van der Waals surface area contributed by atoms with Gasteiger partial charge in [-0.25, -0.2) is 4.68 Å². The maximum atomic E-state index is 11.0. The number of allylic oxidation sites excluding steroid dienone is 1. The van der Waals surface area contributed by atoms with Crippen LogP contribution >= 0.6 is 0 Å². The van der Waals surface area contributed by atoms with Gasteiger partial charge in [-0.1, -0.05) is 36.4 Å². The van der Waals surface area contributed by atoms with E-state index in [1.807, 2.05) is 25.1 Å². The molecule has 0 aliphatic rings. The summed E-state index contributed by atoms with van der Waals surface area (Å²) >= 11 is 0. The van der Waals surface area contributed by atoms with E-state index in [0.717, 1.165) is 17.7 Å². The third-order valence-electron chi connectivity index (χ3n) is 3.08. The molecule has 0 atom stereocenters. The van der Waals surface area contributed by atoms with Crippen LogP contribution in [-0.2, 0) is 19.6 Å². The molecule has 1 heterocycles. The van der Waals surface area contributed by atoms with E-state index in [9.17, 15) is 4.79 Å². The van der Waals surface area contributed by atoms with Crippen LogP contribution in [-0.4, -0.2) is 21.3 Å². The summed E-state index contributed by atoms with van der Waals surface area (Å²) in [6.45, 7) is 8.62. The number of ether oxygens (including phenoxy) is 1. The summed E-state index contributed by atoms with van der Waals surface area (Å²) in [6.07, 6.45) is 1.65. The zero-order valence-corrected chi connectivity index (χ0v) is 12.4. The number of hydrogen-bond acceptors (Lipinski definition) is 4. The highest BCUT2D eigenvalue weighted by Crippen LogP contribution is 2.16. The van der Waals surface area contributed by atoms with Gasteiger partial charge in [-0.2, -0.15) is 0 Å². The average Bonchev–Trinajstić information content (AvgIpc) is 2.86. The normalized spacial score (nSPS) is 10.4. The zero-order chi connectivity index (χ0) is 15.2. The van der Waals surface area contributed by atoms with Crippen LogP contribution in [0.4, 0.5) is 0 Å². The Balaban J connectivity index is 2.16. The van der Waals surface area contributed by atoms with E-state index >= 15 is 0 Å². The monoisotopic (exact) mass is 285 g/mol. The quantitative estimate of drug-likeness (QED) is 0.580. The lowest BCUT2D eigenvalue weighted by molar-refractivity contribution is 0.111. The van der Waals surface area contributed by atoms with E-state index in [0.29, 0.717) is 24.2 Å². The van der Waals surface area contributed by atoms with Crippen molar-refractivity contribution in [3.05, 3.63) is 53.4 Å². The Kier molecular flexibility index (Phi) is 4.87. The molecule has 0 amide bonds. The minimum absolute atomic E-state index is 0.252. The molecule has 0 aliphatic heterocycles. The maximum Gasteiger partial charge on any atom is 0.172 e. The van der Waals surface area contributed by atoms with Crippen LogP contribution in [0.1, 0.15) is 35.6 Å². The molecule has 5 nitrogen and oxygen atoms in total. The molecule has 0 saturated heterocycles. The Bertz CT molecular complexity index is 647. The van der Waals surface area contributed by atoms with Crippen molar-refractivity contribution in [2.24, 2.45) is 0 Å². The van der Waals surface area contributed by atoms with Crippen LogP contribution in [0.2, 0.25) is 0 Å². The largest absolute Gasteiger partial charge is 0.487 e. The van der Waals surface area contributed by atoms with Gasteiger partial charge in [0.15, 0.2) is 12.0 Å². The summed E-state index contributed by atoms with van der Waals surface area (Å²) in [5.41, 5.74) is 3.11. The maximum absolute atomic E-state index is 11.0. The first-order valence-electron chi connectivity index (χ1n) is 6.87. The molecule has 0 N–H and O–H groups in total. The van der Waals surface area contributed by atoms with E-state index in [-0.39, 0.29) is 6.61 Å². The van der Waals surface area contributed by atoms with Crippen molar-refractivity contribution in [2.75, 3.05) is 0 Å². The predicted molar refractivity (Wildman–Crippen MR) is 80.4 cm³/mol. The van der Waals surface area contributed by atoms with Crippen LogP contribution < -0.4 is 4.74 Å². The minimum atomic E-state index is 0.252. The Morgan fingerprint density at radius 2 is 2.29 bits per heavy atom. The first kappa shape index (κ1) is 15.0. The van der Waals surface area contributed by atoms with Crippen LogP contribution in [0, 0.1) is 0 Å². The van der Waals surface area contributed by atoms with E-state index < -0.39 is 0 Å². The Labute approximate surface area is 124 Å². The minimum Gasteiger partial charge on any atom is -0.487 e. The molecule has 0 fully saturated rings. The van der Waals surface area contributed by atoms with Gasteiger partial charge in [0.1, 0.15) is 18.1 Å². The topological polar surface area (TPSA) is 57.0 Å². The molecule has 1 aromatic heterocycles. The summed E-state index contributed by atoms with van der Waals surface area (Å²) in [5, 5.41) is 7.83. The highest BCUT2D eigenvalue weighted by atomic mass is 16.5. The van der Waals surface area contributed by atoms with Crippen molar-refractivity contribution in [3.8, 4) is 5.75 Å². The highest BCUT2D eigenvalue weighted by Gasteiger charge is 2.13. The Hall–Kier alpha value is -2.43. The number of carbonyl (C=O) groups is 1. The second kappa shape index (κ2) is 6.83. The number of aromatic nitrogens is 3.